The molecule has 0 fully saturated rings. The van der Waals surface area contributed by atoms with E-state index in [-0.39, 0.29) is 6.04 Å². The van der Waals surface area contributed by atoms with Crippen molar-refractivity contribution >= 4 is 49.7 Å². The zero-order chi connectivity index (χ0) is 20.5. The number of nitrogens with zero attached hydrogens (tertiary/aromatic N) is 3. The van der Waals surface area contributed by atoms with Gasteiger partial charge in [-0.25, -0.2) is 9.99 Å². The topological polar surface area (TPSA) is 28.5 Å². The Morgan fingerprint density at radius 1 is 0.900 bits per heavy atom. The standard InChI is InChI=1S/C24H17BrClN3S/c25-19-10-6-17(7-11-19)22-15-30-24(27-22)29-23(18-8-12-20(26)13-9-18)14-21(28-29)16-4-2-1-3-5-16/h1-13,15,23H,14H2. The molecule has 3 aromatic carbocycles. The molecular weight excluding hydrogens is 478 g/mol. The monoisotopic (exact) mass is 493 g/mol. The number of anilines is 1. The summed E-state index contributed by atoms with van der Waals surface area (Å²) in [6.45, 7) is 0. The third-order valence-electron chi connectivity index (χ3n) is 5.10. The minimum atomic E-state index is 0.0846. The molecule has 0 aliphatic carbocycles. The molecule has 148 valence electrons. The van der Waals surface area contributed by atoms with Gasteiger partial charge in [-0.05, 0) is 35.4 Å². The van der Waals surface area contributed by atoms with Crippen LogP contribution in [0.5, 0.6) is 0 Å². The van der Waals surface area contributed by atoms with Crippen LogP contribution in [-0.4, -0.2) is 10.7 Å². The van der Waals surface area contributed by atoms with Crippen molar-refractivity contribution in [3.8, 4) is 11.3 Å². The Hall–Kier alpha value is -2.47. The van der Waals surface area contributed by atoms with Gasteiger partial charge in [-0.3, -0.25) is 0 Å². The van der Waals surface area contributed by atoms with Crippen LogP contribution < -0.4 is 5.01 Å². The Morgan fingerprint density at radius 2 is 1.63 bits per heavy atom. The molecule has 2 heterocycles. The van der Waals surface area contributed by atoms with Crippen LogP contribution in [0.15, 0.2) is 93.8 Å². The largest absolute Gasteiger partial charge is 0.231 e. The number of hydrogen-bond acceptors (Lipinski definition) is 4. The summed E-state index contributed by atoms with van der Waals surface area (Å²) in [6.07, 6.45) is 0.818. The summed E-state index contributed by atoms with van der Waals surface area (Å²) in [5.74, 6) is 0. The number of halogens is 2. The van der Waals surface area contributed by atoms with E-state index < -0.39 is 0 Å². The lowest BCUT2D eigenvalue weighted by molar-refractivity contribution is 0.706. The number of aromatic nitrogens is 1. The average Bonchev–Trinajstić information content (AvgIpc) is 3.43. The maximum absolute atomic E-state index is 6.12. The Morgan fingerprint density at radius 3 is 2.37 bits per heavy atom. The molecule has 0 bridgehead atoms. The summed E-state index contributed by atoms with van der Waals surface area (Å²) in [4.78, 5) is 4.91. The number of benzene rings is 3. The quantitative estimate of drug-likeness (QED) is 0.292. The van der Waals surface area contributed by atoms with Gasteiger partial charge in [0.15, 0.2) is 0 Å². The van der Waals surface area contributed by atoms with Crippen LogP contribution in [0.4, 0.5) is 5.13 Å². The normalized spacial score (nSPS) is 16.0. The molecule has 5 rings (SSSR count). The van der Waals surface area contributed by atoms with Gasteiger partial charge in [0, 0.05) is 26.9 Å². The first-order valence-electron chi connectivity index (χ1n) is 9.56. The molecule has 30 heavy (non-hydrogen) atoms. The van der Waals surface area contributed by atoms with E-state index in [9.17, 15) is 0 Å². The second-order valence-electron chi connectivity index (χ2n) is 7.05. The van der Waals surface area contributed by atoms with Crippen molar-refractivity contribution in [2.24, 2.45) is 5.10 Å². The molecule has 1 atom stereocenters. The summed E-state index contributed by atoms with van der Waals surface area (Å²) in [5.41, 5.74) is 5.44. The molecule has 3 nitrogen and oxygen atoms in total. The van der Waals surface area contributed by atoms with Crippen LogP contribution >= 0.6 is 38.9 Å². The summed E-state index contributed by atoms with van der Waals surface area (Å²) in [6, 6.07) is 26.7. The molecular formula is C24H17BrClN3S. The predicted molar refractivity (Wildman–Crippen MR) is 130 cm³/mol. The van der Waals surface area contributed by atoms with Gasteiger partial charge in [0.25, 0.3) is 0 Å². The van der Waals surface area contributed by atoms with Crippen LogP contribution in [0.3, 0.4) is 0 Å². The van der Waals surface area contributed by atoms with E-state index in [1.54, 1.807) is 11.3 Å². The minimum absolute atomic E-state index is 0.0846. The summed E-state index contributed by atoms with van der Waals surface area (Å²) < 4.78 is 1.06. The van der Waals surface area contributed by atoms with Gasteiger partial charge in [-0.1, -0.05) is 82.1 Å². The van der Waals surface area contributed by atoms with E-state index in [2.05, 4.69) is 62.7 Å². The number of thiazole rings is 1. The number of rotatable bonds is 4. The third-order valence-corrected chi connectivity index (χ3v) is 6.71. The zero-order valence-corrected chi connectivity index (χ0v) is 19.0. The first-order chi connectivity index (χ1) is 14.7. The van der Waals surface area contributed by atoms with Gasteiger partial charge in [-0.15, -0.1) is 11.3 Å². The highest BCUT2D eigenvalue weighted by Crippen LogP contribution is 2.39. The van der Waals surface area contributed by atoms with Crippen molar-refractivity contribution in [3.05, 3.63) is 105 Å². The van der Waals surface area contributed by atoms with Crippen molar-refractivity contribution in [1.82, 2.24) is 4.98 Å². The summed E-state index contributed by atoms with van der Waals surface area (Å²) in [7, 11) is 0. The Labute approximate surface area is 192 Å². The lowest BCUT2D eigenvalue weighted by Gasteiger charge is -2.21. The predicted octanol–water partition coefficient (Wildman–Crippen LogP) is 7.58. The smallest absolute Gasteiger partial charge is 0.207 e. The second kappa shape index (κ2) is 8.34. The fourth-order valence-corrected chi connectivity index (χ4v) is 4.78. The Balaban J connectivity index is 1.53. The SMILES string of the molecule is Clc1ccc(C2CC(c3ccccc3)=NN2c2nc(-c3ccc(Br)cc3)cs2)cc1. The number of hydrogen-bond donors (Lipinski definition) is 0. The van der Waals surface area contributed by atoms with Crippen LogP contribution in [0.2, 0.25) is 5.02 Å². The first-order valence-corrected chi connectivity index (χ1v) is 11.6. The van der Waals surface area contributed by atoms with E-state index in [0.29, 0.717) is 0 Å². The van der Waals surface area contributed by atoms with Gasteiger partial charge < -0.3 is 0 Å². The molecule has 0 amide bonds. The maximum atomic E-state index is 6.12. The first kappa shape index (κ1) is 19.5. The summed E-state index contributed by atoms with van der Waals surface area (Å²) >= 11 is 11.2. The average molecular weight is 495 g/mol. The fraction of sp³-hybridized carbons (Fsp3) is 0.0833. The second-order valence-corrected chi connectivity index (χ2v) is 9.24. The molecule has 1 aliphatic rings. The van der Waals surface area contributed by atoms with E-state index in [1.807, 2.05) is 42.5 Å². The third kappa shape index (κ3) is 3.93. The van der Waals surface area contributed by atoms with Crippen molar-refractivity contribution in [3.63, 3.8) is 0 Å². The molecule has 0 spiro atoms. The molecule has 1 aliphatic heterocycles. The lowest BCUT2D eigenvalue weighted by atomic mass is 9.99. The van der Waals surface area contributed by atoms with Crippen LogP contribution in [-0.2, 0) is 0 Å². The van der Waals surface area contributed by atoms with E-state index in [0.717, 1.165) is 43.6 Å². The molecule has 1 aromatic heterocycles. The van der Waals surface area contributed by atoms with Gasteiger partial charge in [0.1, 0.15) is 0 Å². The van der Waals surface area contributed by atoms with E-state index in [4.69, 9.17) is 21.7 Å². The van der Waals surface area contributed by atoms with Crippen LogP contribution in [0.25, 0.3) is 11.3 Å². The molecule has 0 saturated heterocycles. The van der Waals surface area contributed by atoms with Gasteiger partial charge in [0.05, 0.1) is 17.4 Å². The highest BCUT2D eigenvalue weighted by molar-refractivity contribution is 9.10. The van der Waals surface area contributed by atoms with Gasteiger partial charge in [0.2, 0.25) is 5.13 Å². The van der Waals surface area contributed by atoms with Gasteiger partial charge >= 0.3 is 0 Å². The highest BCUT2D eigenvalue weighted by atomic mass is 79.9. The lowest BCUT2D eigenvalue weighted by Crippen LogP contribution is -2.18. The maximum Gasteiger partial charge on any atom is 0.207 e. The fourth-order valence-electron chi connectivity index (χ4n) is 3.56. The molecule has 4 aromatic rings. The van der Waals surface area contributed by atoms with Crippen molar-refractivity contribution in [2.45, 2.75) is 12.5 Å². The molecule has 0 saturated carbocycles. The highest BCUT2D eigenvalue weighted by Gasteiger charge is 2.31. The van der Waals surface area contributed by atoms with Crippen molar-refractivity contribution in [2.75, 3.05) is 5.01 Å². The van der Waals surface area contributed by atoms with E-state index >= 15 is 0 Å². The van der Waals surface area contributed by atoms with Gasteiger partial charge in [-0.2, -0.15) is 5.10 Å². The number of hydrazone groups is 1. The molecule has 0 radical (unpaired) electrons. The van der Waals surface area contributed by atoms with Crippen molar-refractivity contribution in [1.29, 1.82) is 0 Å². The molecule has 0 N–H and O–H groups in total. The van der Waals surface area contributed by atoms with E-state index in [1.165, 1.54) is 5.56 Å². The van der Waals surface area contributed by atoms with Crippen molar-refractivity contribution < 1.29 is 0 Å². The molecule has 1 unspecified atom stereocenters. The summed E-state index contributed by atoms with van der Waals surface area (Å²) in [5, 5.41) is 10.8. The Kier molecular flexibility index (Phi) is 5.42. The van der Waals surface area contributed by atoms with Crippen LogP contribution in [0, 0.1) is 0 Å². The zero-order valence-electron chi connectivity index (χ0n) is 15.9. The Bertz CT molecular complexity index is 1190. The minimum Gasteiger partial charge on any atom is -0.231 e. The molecule has 6 heteroatoms. The van der Waals surface area contributed by atoms with Crippen LogP contribution in [0.1, 0.15) is 23.6 Å².